The van der Waals surface area contributed by atoms with E-state index in [1.165, 1.54) is 0 Å². The van der Waals surface area contributed by atoms with Crippen LogP contribution in [0.5, 0.6) is 17.2 Å². The van der Waals surface area contributed by atoms with Crippen LogP contribution in [0.25, 0.3) is 0 Å². The Kier molecular flexibility index (Phi) is 5.54. The smallest absolute Gasteiger partial charge is 0.126 e. The zero-order valence-corrected chi connectivity index (χ0v) is 9.99. The van der Waals surface area contributed by atoms with Gasteiger partial charge in [0.2, 0.25) is 0 Å². The Labute approximate surface area is 97.3 Å². The van der Waals surface area contributed by atoms with Gasteiger partial charge in [0.15, 0.2) is 0 Å². The third kappa shape index (κ3) is 4.01. The summed E-state index contributed by atoms with van der Waals surface area (Å²) in [6.07, 6.45) is 0.739. The van der Waals surface area contributed by atoms with Gasteiger partial charge < -0.3 is 14.2 Å². The minimum absolute atomic E-state index is 0.598. The Morgan fingerprint density at radius 2 is 1.31 bits per heavy atom. The van der Waals surface area contributed by atoms with Gasteiger partial charge in [0.1, 0.15) is 17.2 Å². The van der Waals surface area contributed by atoms with E-state index in [0.29, 0.717) is 19.8 Å². The number of rotatable bonds is 7. The molecule has 0 aromatic heterocycles. The summed E-state index contributed by atoms with van der Waals surface area (Å²) in [5.41, 5.74) is 0. The van der Waals surface area contributed by atoms with E-state index in [1.54, 1.807) is 0 Å². The molecule has 0 aliphatic rings. The second-order valence-corrected chi connectivity index (χ2v) is 3.21. The molecule has 1 radical (unpaired) electrons. The number of hydrogen-bond acceptors (Lipinski definition) is 3. The van der Waals surface area contributed by atoms with E-state index in [4.69, 9.17) is 14.2 Å². The lowest BCUT2D eigenvalue weighted by molar-refractivity contribution is 0.301. The molecule has 0 saturated heterocycles. The molecule has 89 valence electrons. The summed E-state index contributed by atoms with van der Waals surface area (Å²) in [5.74, 6) is 2.30. The first-order valence-electron chi connectivity index (χ1n) is 5.62. The van der Waals surface area contributed by atoms with E-state index in [0.717, 1.165) is 23.7 Å². The highest BCUT2D eigenvalue weighted by atomic mass is 16.5. The van der Waals surface area contributed by atoms with Crippen molar-refractivity contribution in [3.05, 3.63) is 25.1 Å². The third-order valence-electron chi connectivity index (χ3n) is 1.89. The molecule has 1 aromatic rings. The molecule has 1 rings (SSSR count). The number of benzene rings is 1. The predicted molar refractivity (Wildman–Crippen MR) is 64.2 cm³/mol. The monoisotopic (exact) mass is 223 g/mol. The van der Waals surface area contributed by atoms with E-state index in [-0.39, 0.29) is 0 Å². The van der Waals surface area contributed by atoms with E-state index in [1.807, 2.05) is 32.0 Å². The third-order valence-corrected chi connectivity index (χ3v) is 1.89. The molecule has 0 aliphatic heterocycles. The summed E-state index contributed by atoms with van der Waals surface area (Å²) in [4.78, 5) is 0. The molecule has 0 spiro atoms. The van der Waals surface area contributed by atoms with Crippen LogP contribution in [0, 0.1) is 6.92 Å². The van der Waals surface area contributed by atoms with Gasteiger partial charge in [-0.2, -0.15) is 0 Å². The van der Waals surface area contributed by atoms with Gasteiger partial charge in [-0.1, -0.05) is 0 Å². The highest BCUT2D eigenvalue weighted by molar-refractivity contribution is 5.42. The average molecular weight is 223 g/mol. The van der Waals surface area contributed by atoms with E-state index in [9.17, 15) is 0 Å². The normalized spacial score (nSPS) is 9.94. The summed E-state index contributed by atoms with van der Waals surface area (Å²) < 4.78 is 16.4. The molecular formula is C13H19O3. The zero-order valence-electron chi connectivity index (χ0n) is 9.99. The molecular weight excluding hydrogens is 204 g/mol. The van der Waals surface area contributed by atoms with Crippen LogP contribution in [0.2, 0.25) is 0 Å². The van der Waals surface area contributed by atoms with Gasteiger partial charge in [0, 0.05) is 18.2 Å². The summed E-state index contributed by atoms with van der Waals surface area (Å²) in [6.45, 7) is 9.48. The van der Waals surface area contributed by atoms with Crippen molar-refractivity contribution in [1.82, 2.24) is 0 Å². The largest absolute Gasteiger partial charge is 0.494 e. The topological polar surface area (TPSA) is 27.7 Å². The minimum atomic E-state index is 0.598. The second-order valence-electron chi connectivity index (χ2n) is 3.21. The molecule has 3 nitrogen and oxygen atoms in total. The summed E-state index contributed by atoms with van der Waals surface area (Å²) in [7, 11) is 0. The van der Waals surface area contributed by atoms with Crippen molar-refractivity contribution < 1.29 is 14.2 Å². The SMILES string of the molecule is [CH2]CCOc1cc(OCC)cc(OCC)c1. The molecule has 1 aromatic carbocycles. The lowest BCUT2D eigenvalue weighted by Gasteiger charge is -2.11. The van der Waals surface area contributed by atoms with Crippen LogP contribution in [0.15, 0.2) is 18.2 Å². The van der Waals surface area contributed by atoms with Crippen LogP contribution in [0.4, 0.5) is 0 Å². The molecule has 0 atom stereocenters. The first-order valence-corrected chi connectivity index (χ1v) is 5.62. The van der Waals surface area contributed by atoms with Gasteiger partial charge >= 0.3 is 0 Å². The quantitative estimate of drug-likeness (QED) is 0.711. The molecule has 0 fully saturated rings. The fourth-order valence-corrected chi connectivity index (χ4v) is 1.32. The van der Waals surface area contributed by atoms with Crippen molar-refractivity contribution in [2.45, 2.75) is 20.3 Å². The van der Waals surface area contributed by atoms with Gasteiger partial charge in [0.25, 0.3) is 0 Å². The van der Waals surface area contributed by atoms with E-state index < -0.39 is 0 Å². The summed E-state index contributed by atoms with van der Waals surface area (Å²) in [6, 6.07) is 5.59. The standard InChI is InChI=1S/C13H19O3/c1-4-7-16-13-9-11(14-5-2)8-12(10-13)15-6-3/h8-10H,1,4-7H2,2-3H3. The van der Waals surface area contributed by atoms with Crippen molar-refractivity contribution in [1.29, 1.82) is 0 Å². The van der Waals surface area contributed by atoms with Crippen molar-refractivity contribution in [3.8, 4) is 17.2 Å². The second kappa shape index (κ2) is 6.99. The Morgan fingerprint density at radius 3 is 1.69 bits per heavy atom. The Balaban J connectivity index is 2.80. The van der Waals surface area contributed by atoms with Crippen LogP contribution in [-0.2, 0) is 0 Å². The minimum Gasteiger partial charge on any atom is -0.494 e. The zero-order chi connectivity index (χ0) is 11.8. The summed E-state index contributed by atoms with van der Waals surface area (Å²) in [5, 5.41) is 0. The maximum Gasteiger partial charge on any atom is 0.126 e. The molecule has 0 bridgehead atoms. The van der Waals surface area contributed by atoms with Gasteiger partial charge in [-0.15, -0.1) is 0 Å². The van der Waals surface area contributed by atoms with Crippen molar-refractivity contribution >= 4 is 0 Å². The fourth-order valence-electron chi connectivity index (χ4n) is 1.32. The highest BCUT2D eigenvalue weighted by Gasteiger charge is 2.03. The highest BCUT2D eigenvalue weighted by Crippen LogP contribution is 2.28. The van der Waals surface area contributed by atoms with E-state index >= 15 is 0 Å². The molecule has 0 heterocycles. The van der Waals surface area contributed by atoms with Crippen molar-refractivity contribution in [2.75, 3.05) is 19.8 Å². The van der Waals surface area contributed by atoms with Crippen LogP contribution >= 0.6 is 0 Å². The van der Waals surface area contributed by atoms with Crippen molar-refractivity contribution in [2.24, 2.45) is 0 Å². The lowest BCUT2D eigenvalue weighted by Crippen LogP contribution is -1.99. The molecule has 0 unspecified atom stereocenters. The Bertz CT molecular complexity index is 286. The number of ether oxygens (including phenoxy) is 3. The Morgan fingerprint density at radius 1 is 0.875 bits per heavy atom. The van der Waals surface area contributed by atoms with Crippen molar-refractivity contribution in [3.63, 3.8) is 0 Å². The predicted octanol–water partition coefficient (Wildman–Crippen LogP) is 3.09. The maximum atomic E-state index is 5.51. The molecule has 0 aliphatic carbocycles. The van der Waals surface area contributed by atoms with Gasteiger partial charge in [-0.3, -0.25) is 0 Å². The molecule has 0 amide bonds. The van der Waals surface area contributed by atoms with Gasteiger partial charge in [-0.25, -0.2) is 0 Å². The Hall–Kier alpha value is -1.38. The van der Waals surface area contributed by atoms with E-state index in [2.05, 4.69) is 6.92 Å². The van der Waals surface area contributed by atoms with Gasteiger partial charge in [-0.05, 0) is 27.2 Å². The maximum absolute atomic E-state index is 5.51. The van der Waals surface area contributed by atoms with Crippen LogP contribution in [0.3, 0.4) is 0 Å². The lowest BCUT2D eigenvalue weighted by atomic mass is 10.3. The van der Waals surface area contributed by atoms with Crippen LogP contribution < -0.4 is 14.2 Å². The van der Waals surface area contributed by atoms with Gasteiger partial charge in [0.05, 0.1) is 19.8 Å². The first-order chi connectivity index (χ1) is 7.80. The van der Waals surface area contributed by atoms with Crippen LogP contribution in [0.1, 0.15) is 20.3 Å². The molecule has 16 heavy (non-hydrogen) atoms. The summed E-state index contributed by atoms with van der Waals surface area (Å²) >= 11 is 0. The first kappa shape index (κ1) is 12.7. The average Bonchev–Trinajstić information content (AvgIpc) is 2.27. The number of hydrogen-bond donors (Lipinski definition) is 0. The molecule has 0 saturated carbocycles. The molecule has 0 N–H and O–H groups in total. The van der Waals surface area contributed by atoms with Crippen LogP contribution in [-0.4, -0.2) is 19.8 Å². The fraction of sp³-hybridized carbons (Fsp3) is 0.462. The molecule has 3 heteroatoms.